The van der Waals surface area contributed by atoms with Crippen LogP contribution in [0.5, 0.6) is 0 Å². The molecule has 5 heteroatoms. The quantitative estimate of drug-likeness (QED) is 0.586. The molecule has 1 N–H and O–H groups in total. The lowest BCUT2D eigenvalue weighted by Gasteiger charge is -2.13. The van der Waals surface area contributed by atoms with Gasteiger partial charge < -0.3 is 10.1 Å². The first-order valence-electron chi connectivity index (χ1n) is 6.81. The standard InChI is InChI=1S/C15H22ClNO2S/c1-4-19-15(18)10-20-14-7-5-6-13(16)12(14)9-17-8-11(2)3/h5-7,11,17H,4,8-10H2,1-3H3. The van der Waals surface area contributed by atoms with E-state index < -0.39 is 0 Å². The Morgan fingerprint density at radius 1 is 1.45 bits per heavy atom. The predicted molar refractivity (Wildman–Crippen MR) is 85.4 cm³/mol. The van der Waals surface area contributed by atoms with Gasteiger partial charge in [-0.2, -0.15) is 0 Å². The van der Waals surface area contributed by atoms with Gasteiger partial charge in [0, 0.05) is 16.5 Å². The number of carbonyl (C=O) groups is 1. The number of rotatable bonds is 8. The van der Waals surface area contributed by atoms with Gasteiger partial charge >= 0.3 is 5.97 Å². The smallest absolute Gasteiger partial charge is 0.316 e. The van der Waals surface area contributed by atoms with E-state index in [9.17, 15) is 4.79 Å². The van der Waals surface area contributed by atoms with Crippen LogP contribution in [0.25, 0.3) is 0 Å². The zero-order chi connectivity index (χ0) is 15.0. The molecule has 0 saturated carbocycles. The Kier molecular flexibility index (Phi) is 8.04. The second kappa shape index (κ2) is 9.27. The minimum atomic E-state index is -0.196. The lowest BCUT2D eigenvalue weighted by atomic mass is 10.2. The molecule has 0 fully saturated rings. The number of thioether (sulfide) groups is 1. The molecule has 0 aliphatic carbocycles. The molecule has 0 aromatic heterocycles. The van der Waals surface area contributed by atoms with Crippen LogP contribution >= 0.6 is 23.4 Å². The summed E-state index contributed by atoms with van der Waals surface area (Å²) in [5.41, 5.74) is 1.05. The van der Waals surface area contributed by atoms with Crippen LogP contribution in [0.1, 0.15) is 26.3 Å². The first-order chi connectivity index (χ1) is 9.54. The van der Waals surface area contributed by atoms with E-state index in [2.05, 4.69) is 19.2 Å². The first-order valence-corrected chi connectivity index (χ1v) is 8.17. The van der Waals surface area contributed by atoms with E-state index in [1.165, 1.54) is 11.8 Å². The lowest BCUT2D eigenvalue weighted by Crippen LogP contribution is -2.19. The Labute approximate surface area is 130 Å². The Bertz CT molecular complexity index is 438. The Balaban J connectivity index is 2.65. The average Bonchev–Trinajstić information content (AvgIpc) is 2.39. The predicted octanol–water partition coefficient (Wildman–Crippen LogP) is 3.74. The highest BCUT2D eigenvalue weighted by Crippen LogP contribution is 2.28. The fourth-order valence-corrected chi connectivity index (χ4v) is 2.86. The van der Waals surface area contributed by atoms with Crippen molar-refractivity contribution in [2.45, 2.75) is 32.2 Å². The number of hydrogen-bond donors (Lipinski definition) is 1. The highest BCUT2D eigenvalue weighted by atomic mass is 35.5. The molecule has 0 amide bonds. The number of ether oxygens (including phenoxy) is 1. The molecule has 0 saturated heterocycles. The number of benzene rings is 1. The van der Waals surface area contributed by atoms with Crippen molar-refractivity contribution < 1.29 is 9.53 Å². The van der Waals surface area contributed by atoms with Crippen LogP contribution < -0.4 is 5.32 Å². The summed E-state index contributed by atoms with van der Waals surface area (Å²) in [6, 6.07) is 5.77. The largest absolute Gasteiger partial charge is 0.465 e. The molecule has 0 bridgehead atoms. The third kappa shape index (κ3) is 6.16. The van der Waals surface area contributed by atoms with Crippen molar-refractivity contribution in [1.29, 1.82) is 0 Å². The maximum absolute atomic E-state index is 11.4. The van der Waals surface area contributed by atoms with Crippen LogP contribution in [0.3, 0.4) is 0 Å². The maximum atomic E-state index is 11.4. The molecule has 3 nitrogen and oxygen atoms in total. The third-order valence-corrected chi connectivity index (χ3v) is 4.01. The minimum Gasteiger partial charge on any atom is -0.465 e. The minimum absolute atomic E-state index is 0.196. The maximum Gasteiger partial charge on any atom is 0.316 e. The molecule has 0 aliphatic heterocycles. The number of hydrogen-bond acceptors (Lipinski definition) is 4. The number of nitrogens with one attached hydrogen (secondary N) is 1. The van der Waals surface area contributed by atoms with Crippen molar-refractivity contribution in [3.8, 4) is 0 Å². The average molecular weight is 316 g/mol. The van der Waals surface area contributed by atoms with Gasteiger partial charge in [0.25, 0.3) is 0 Å². The van der Waals surface area contributed by atoms with Crippen molar-refractivity contribution in [1.82, 2.24) is 5.32 Å². The fraction of sp³-hybridized carbons (Fsp3) is 0.533. The second-order valence-electron chi connectivity index (χ2n) is 4.83. The molecule has 0 radical (unpaired) electrons. The van der Waals surface area contributed by atoms with Gasteiger partial charge in [-0.15, -0.1) is 11.8 Å². The van der Waals surface area contributed by atoms with Crippen molar-refractivity contribution in [3.05, 3.63) is 28.8 Å². The second-order valence-corrected chi connectivity index (χ2v) is 6.26. The van der Waals surface area contributed by atoms with Crippen LogP contribution in [-0.2, 0) is 16.1 Å². The Morgan fingerprint density at radius 3 is 2.85 bits per heavy atom. The molecule has 0 unspecified atom stereocenters. The molecule has 1 aromatic carbocycles. The van der Waals surface area contributed by atoms with Crippen molar-refractivity contribution >= 4 is 29.3 Å². The summed E-state index contributed by atoms with van der Waals surface area (Å²) in [5.74, 6) is 0.706. The van der Waals surface area contributed by atoms with Crippen molar-refractivity contribution in [2.24, 2.45) is 5.92 Å². The summed E-state index contributed by atoms with van der Waals surface area (Å²) in [6.07, 6.45) is 0. The van der Waals surface area contributed by atoms with E-state index in [4.69, 9.17) is 16.3 Å². The monoisotopic (exact) mass is 315 g/mol. The van der Waals surface area contributed by atoms with Crippen molar-refractivity contribution in [3.63, 3.8) is 0 Å². The SMILES string of the molecule is CCOC(=O)CSc1cccc(Cl)c1CNCC(C)C. The topological polar surface area (TPSA) is 38.3 Å². The fourth-order valence-electron chi connectivity index (χ4n) is 1.67. The van der Waals surface area contributed by atoms with Gasteiger partial charge in [0.1, 0.15) is 0 Å². The van der Waals surface area contributed by atoms with Gasteiger partial charge in [-0.3, -0.25) is 4.79 Å². The van der Waals surface area contributed by atoms with E-state index >= 15 is 0 Å². The van der Waals surface area contributed by atoms with Crippen LogP contribution in [0, 0.1) is 5.92 Å². The Hall–Kier alpha value is -0.710. The van der Waals surface area contributed by atoms with Gasteiger partial charge in [-0.25, -0.2) is 0 Å². The molecule has 0 spiro atoms. The van der Waals surface area contributed by atoms with E-state index in [1.54, 1.807) is 0 Å². The van der Waals surface area contributed by atoms with Crippen molar-refractivity contribution in [2.75, 3.05) is 18.9 Å². The van der Waals surface area contributed by atoms with Gasteiger partial charge in [0.2, 0.25) is 0 Å². The number of esters is 1. The van der Waals surface area contributed by atoms with Crippen LogP contribution in [0.2, 0.25) is 5.02 Å². The van der Waals surface area contributed by atoms with Gasteiger partial charge in [0.15, 0.2) is 0 Å². The van der Waals surface area contributed by atoms with Crippen LogP contribution in [0.4, 0.5) is 0 Å². The Morgan fingerprint density at radius 2 is 2.20 bits per heavy atom. The highest BCUT2D eigenvalue weighted by molar-refractivity contribution is 8.00. The van der Waals surface area contributed by atoms with Gasteiger partial charge in [-0.05, 0) is 37.1 Å². The molecule has 1 aromatic rings. The van der Waals surface area contributed by atoms with Crippen LogP contribution in [0.15, 0.2) is 23.1 Å². The summed E-state index contributed by atoms with van der Waals surface area (Å²) in [6.45, 7) is 8.20. The summed E-state index contributed by atoms with van der Waals surface area (Å²) in [4.78, 5) is 12.5. The third-order valence-electron chi connectivity index (χ3n) is 2.58. The highest BCUT2D eigenvalue weighted by Gasteiger charge is 2.10. The zero-order valence-corrected chi connectivity index (χ0v) is 13.8. The molecular weight excluding hydrogens is 294 g/mol. The molecule has 1 rings (SSSR count). The molecule has 0 atom stereocenters. The summed E-state index contributed by atoms with van der Waals surface area (Å²) >= 11 is 7.72. The van der Waals surface area contributed by atoms with E-state index in [0.717, 1.165) is 22.0 Å². The molecule has 20 heavy (non-hydrogen) atoms. The van der Waals surface area contributed by atoms with Gasteiger partial charge in [-0.1, -0.05) is 31.5 Å². The molecule has 0 aliphatic rings. The summed E-state index contributed by atoms with van der Waals surface area (Å²) < 4.78 is 4.94. The van der Waals surface area contributed by atoms with E-state index in [-0.39, 0.29) is 5.97 Å². The number of carbonyl (C=O) groups excluding carboxylic acids is 1. The first kappa shape index (κ1) is 17.3. The summed E-state index contributed by atoms with van der Waals surface area (Å²) in [7, 11) is 0. The van der Waals surface area contributed by atoms with Gasteiger partial charge in [0.05, 0.1) is 12.4 Å². The molecule has 0 heterocycles. The number of halogens is 1. The normalized spacial score (nSPS) is 10.8. The lowest BCUT2D eigenvalue weighted by molar-refractivity contribution is -0.139. The molecule has 112 valence electrons. The van der Waals surface area contributed by atoms with Crippen LogP contribution in [-0.4, -0.2) is 24.9 Å². The molecular formula is C15H22ClNO2S. The van der Waals surface area contributed by atoms with E-state index in [0.29, 0.717) is 24.8 Å². The zero-order valence-electron chi connectivity index (χ0n) is 12.2. The van der Waals surface area contributed by atoms with E-state index in [1.807, 2.05) is 25.1 Å². The summed E-state index contributed by atoms with van der Waals surface area (Å²) in [5, 5.41) is 4.11.